The van der Waals surface area contributed by atoms with Crippen molar-refractivity contribution in [3.8, 4) is 22.8 Å². The molecule has 0 aromatic carbocycles. The highest BCUT2D eigenvalue weighted by Gasteiger charge is 2.18. The van der Waals surface area contributed by atoms with E-state index in [4.69, 9.17) is 21.3 Å². The highest BCUT2D eigenvalue weighted by Crippen LogP contribution is 2.30. The molecule has 34 heavy (non-hydrogen) atoms. The standard InChI is InChI=1S/C24H23BrClN5O2S/c1-12(2)23-28-8-13(3)22(30-23)18-7-19(17(26)9-27-18)31-14(4)6-20(21(25)24(31)32)33-10-16-11-34-15(5)29-16/h6-9,11-12H,10H2,1-5H3. The lowest BCUT2D eigenvalue weighted by Gasteiger charge is -2.16. The van der Waals surface area contributed by atoms with Gasteiger partial charge in [-0.15, -0.1) is 11.3 Å². The zero-order chi connectivity index (χ0) is 24.6. The van der Waals surface area contributed by atoms with Gasteiger partial charge < -0.3 is 4.74 Å². The molecule has 4 heterocycles. The van der Waals surface area contributed by atoms with Gasteiger partial charge in [0.2, 0.25) is 0 Å². The predicted molar refractivity (Wildman–Crippen MR) is 138 cm³/mol. The van der Waals surface area contributed by atoms with Gasteiger partial charge in [-0.05, 0) is 48.3 Å². The second-order valence-corrected chi connectivity index (χ2v) is 10.4. The lowest BCUT2D eigenvalue weighted by Crippen LogP contribution is -2.22. The van der Waals surface area contributed by atoms with Gasteiger partial charge in [0.05, 0.1) is 32.8 Å². The number of aryl methyl sites for hydroxylation is 3. The van der Waals surface area contributed by atoms with E-state index >= 15 is 0 Å². The Morgan fingerprint density at radius 1 is 1.15 bits per heavy atom. The average Bonchev–Trinajstić information content (AvgIpc) is 3.22. The Morgan fingerprint density at radius 2 is 1.91 bits per heavy atom. The molecule has 0 saturated carbocycles. The minimum atomic E-state index is -0.286. The van der Waals surface area contributed by atoms with Crippen LogP contribution in [0.15, 0.2) is 39.2 Å². The molecular formula is C24H23BrClN5O2S. The molecule has 0 spiro atoms. The number of halogens is 2. The van der Waals surface area contributed by atoms with Crippen molar-refractivity contribution in [3.05, 3.63) is 77.5 Å². The van der Waals surface area contributed by atoms with E-state index in [-0.39, 0.29) is 18.1 Å². The van der Waals surface area contributed by atoms with Crippen LogP contribution < -0.4 is 10.3 Å². The lowest BCUT2D eigenvalue weighted by molar-refractivity contribution is 0.298. The van der Waals surface area contributed by atoms with E-state index in [2.05, 4.69) is 30.9 Å². The van der Waals surface area contributed by atoms with E-state index in [1.807, 2.05) is 40.0 Å². The number of rotatable bonds is 6. The van der Waals surface area contributed by atoms with Crippen molar-refractivity contribution < 1.29 is 4.74 Å². The lowest BCUT2D eigenvalue weighted by atomic mass is 10.1. The number of ether oxygens (including phenoxy) is 1. The Labute approximate surface area is 215 Å². The Kier molecular flexibility index (Phi) is 7.16. The van der Waals surface area contributed by atoms with Crippen LogP contribution in [-0.2, 0) is 6.61 Å². The van der Waals surface area contributed by atoms with Crippen LogP contribution in [0.4, 0.5) is 0 Å². The number of thiazole rings is 1. The SMILES string of the molecule is Cc1nc(COc2cc(C)n(-c3cc(-c4nc(C(C)C)ncc4C)ncc3Cl)c(=O)c2Br)cs1. The van der Waals surface area contributed by atoms with Crippen LogP contribution >= 0.6 is 38.9 Å². The van der Waals surface area contributed by atoms with E-state index in [0.717, 1.165) is 22.1 Å². The van der Waals surface area contributed by atoms with Crippen LogP contribution in [-0.4, -0.2) is 24.5 Å². The summed E-state index contributed by atoms with van der Waals surface area (Å²) in [4.78, 5) is 31.3. The van der Waals surface area contributed by atoms with E-state index in [9.17, 15) is 4.79 Å². The molecule has 0 radical (unpaired) electrons. The molecule has 0 aliphatic heterocycles. The predicted octanol–water partition coefficient (Wildman–Crippen LogP) is 6.19. The van der Waals surface area contributed by atoms with Gasteiger partial charge in [-0.3, -0.25) is 14.3 Å². The molecule has 0 aliphatic carbocycles. The van der Waals surface area contributed by atoms with Gasteiger partial charge >= 0.3 is 0 Å². The first-order valence-corrected chi connectivity index (χ1v) is 12.7. The Balaban J connectivity index is 1.76. The number of pyridine rings is 2. The topological polar surface area (TPSA) is 82.8 Å². The van der Waals surface area contributed by atoms with E-state index in [0.29, 0.717) is 38.0 Å². The number of aromatic nitrogens is 5. The fourth-order valence-electron chi connectivity index (χ4n) is 3.43. The van der Waals surface area contributed by atoms with Gasteiger partial charge in [0.1, 0.15) is 22.7 Å². The fourth-order valence-corrected chi connectivity index (χ4v) is 4.63. The first-order chi connectivity index (χ1) is 16.2. The molecule has 0 aliphatic rings. The van der Waals surface area contributed by atoms with Crippen molar-refractivity contribution in [2.24, 2.45) is 0 Å². The highest BCUT2D eigenvalue weighted by atomic mass is 79.9. The van der Waals surface area contributed by atoms with Crippen LogP contribution in [0.25, 0.3) is 17.1 Å². The quantitative estimate of drug-likeness (QED) is 0.280. The minimum Gasteiger partial charge on any atom is -0.486 e. The minimum absolute atomic E-state index is 0.174. The summed E-state index contributed by atoms with van der Waals surface area (Å²) in [6.07, 6.45) is 3.33. The second-order valence-electron chi connectivity index (χ2n) is 8.19. The maximum atomic E-state index is 13.4. The summed E-state index contributed by atoms with van der Waals surface area (Å²) < 4.78 is 7.73. The number of hydrogen-bond donors (Lipinski definition) is 0. The highest BCUT2D eigenvalue weighted by molar-refractivity contribution is 9.10. The molecule has 0 N–H and O–H groups in total. The van der Waals surface area contributed by atoms with Crippen molar-refractivity contribution in [1.82, 2.24) is 24.5 Å². The van der Waals surface area contributed by atoms with Gasteiger partial charge in [0, 0.05) is 35.5 Å². The molecule has 0 atom stereocenters. The molecule has 4 rings (SSSR count). The first kappa shape index (κ1) is 24.5. The monoisotopic (exact) mass is 559 g/mol. The third kappa shape index (κ3) is 4.92. The van der Waals surface area contributed by atoms with Gasteiger partial charge in [0.25, 0.3) is 5.56 Å². The second kappa shape index (κ2) is 9.93. The number of hydrogen-bond acceptors (Lipinski definition) is 7. The molecule has 4 aromatic rings. The zero-order valence-corrected chi connectivity index (χ0v) is 22.5. The Morgan fingerprint density at radius 3 is 2.59 bits per heavy atom. The van der Waals surface area contributed by atoms with Crippen LogP contribution in [0, 0.1) is 20.8 Å². The third-order valence-corrected chi connectivity index (χ3v) is 7.01. The number of nitrogens with zero attached hydrogens (tertiary/aromatic N) is 5. The van der Waals surface area contributed by atoms with E-state index in [1.165, 1.54) is 10.8 Å². The third-order valence-electron chi connectivity index (χ3n) is 5.17. The first-order valence-electron chi connectivity index (χ1n) is 10.6. The summed E-state index contributed by atoms with van der Waals surface area (Å²) in [7, 11) is 0. The smallest absolute Gasteiger partial charge is 0.273 e. The largest absolute Gasteiger partial charge is 0.486 e. The van der Waals surface area contributed by atoms with Crippen molar-refractivity contribution in [3.63, 3.8) is 0 Å². The molecule has 176 valence electrons. The van der Waals surface area contributed by atoms with Crippen LogP contribution in [0.5, 0.6) is 5.75 Å². The molecule has 0 fully saturated rings. The zero-order valence-electron chi connectivity index (χ0n) is 19.4. The molecule has 0 unspecified atom stereocenters. The van der Waals surface area contributed by atoms with Crippen molar-refractivity contribution >= 4 is 38.9 Å². The fraction of sp³-hybridized carbons (Fsp3) is 0.292. The normalized spacial score (nSPS) is 11.3. The molecule has 0 saturated heterocycles. The van der Waals surface area contributed by atoms with E-state index < -0.39 is 0 Å². The molecule has 7 nitrogen and oxygen atoms in total. The van der Waals surface area contributed by atoms with Crippen LogP contribution in [0.2, 0.25) is 5.02 Å². The Hall–Kier alpha value is -2.62. The van der Waals surface area contributed by atoms with Gasteiger partial charge in [-0.25, -0.2) is 15.0 Å². The summed E-state index contributed by atoms with van der Waals surface area (Å²) >= 11 is 11.5. The van der Waals surface area contributed by atoms with Crippen molar-refractivity contribution in [2.75, 3.05) is 0 Å². The van der Waals surface area contributed by atoms with Crippen LogP contribution in [0.3, 0.4) is 0 Å². The summed E-state index contributed by atoms with van der Waals surface area (Å²) in [6.45, 7) is 10.0. The average molecular weight is 561 g/mol. The van der Waals surface area contributed by atoms with Gasteiger partial charge in [-0.1, -0.05) is 25.4 Å². The van der Waals surface area contributed by atoms with Gasteiger partial charge in [0.15, 0.2) is 0 Å². The van der Waals surface area contributed by atoms with Crippen molar-refractivity contribution in [1.29, 1.82) is 0 Å². The summed E-state index contributed by atoms with van der Waals surface area (Å²) in [5.74, 6) is 1.35. The maximum absolute atomic E-state index is 13.4. The van der Waals surface area contributed by atoms with E-state index in [1.54, 1.807) is 29.7 Å². The molecule has 4 aromatic heterocycles. The molecule has 0 amide bonds. The van der Waals surface area contributed by atoms with Crippen molar-refractivity contribution in [2.45, 2.75) is 47.1 Å². The molecule has 10 heteroatoms. The Bertz CT molecular complexity index is 1430. The summed E-state index contributed by atoms with van der Waals surface area (Å²) in [5, 5.41) is 3.25. The molecular weight excluding hydrogens is 538 g/mol. The summed E-state index contributed by atoms with van der Waals surface area (Å²) in [6, 6.07) is 3.58. The molecule has 0 bridgehead atoms. The van der Waals surface area contributed by atoms with Gasteiger partial charge in [-0.2, -0.15) is 0 Å². The maximum Gasteiger partial charge on any atom is 0.273 e. The summed E-state index contributed by atoms with van der Waals surface area (Å²) in [5.41, 5.74) is 3.92. The van der Waals surface area contributed by atoms with Crippen LogP contribution in [0.1, 0.15) is 47.5 Å².